The van der Waals surface area contributed by atoms with Crippen molar-refractivity contribution in [2.24, 2.45) is 0 Å². The highest BCUT2D eigenvalue weighted by atomic mass is 16.5. The second-order valence-corrected chi connectivity index (χ2v) is 4.83. The van der Waals surface area contributed by atoms with Crippen LogP contribution in [0.3, 0.4) is 0 Å². The third kappa shape index (κ3) is 1.91. The molecule has 3 aromatic rings. The zero-order chi connectivity index (χ0) is 13.2. The summed E-state index contributed by atoms with van der Waals surface area (Å²) in [6, 6.07) is 17.3. The van der Waals surface area contributed by atoms with Gasteiger partial charge in [0.05, 0.1) is 6.61 Å². The first-order valence-corrected chi connectivity index (χ1v) is 6.77. The zero-order valence-electron chi connectivity index (χ0n) is 11.4. The van der Waals surface area contributed by atoms with Gasteiger partial charge in [0.1, 0.15) is 0 Å². The van der Waals surface area contributed by atoms with Gasteiger partial charge < -0.3 is 4.74 Å². The summed E-state index contributed by atoms with van der Waals surface area (Å²) < 4.78 is 5.42. The van der Waals surface area contributed by atoms with Crippen molar-refractivity contribution in [3.05, 3.63) is 59.7 Å². The Kier molecular flexibility index (Phi) is 3.22. The van der Waals surface area contributed by atoms with Crippen LogP contribution in [0.25, 0.3) is 21.5 Å². The lowest BCUT2D eigenvalue weighted by Gasteiger charge is -2.15. The summed E-state index contributed by atoms with van der Waals surface area (Å²) in [7, 11) is 1.76. The molecule has 0 saturated heterocycles. The highest BCUT2D eigenvalue weighted by Crippen LogP contribution is 2.33. The van der Waals surface area contributed by atoms with Gasteiger partial charge in [0.2, 0.25) is 0 Å². The number of ether oxygens (including phenoxy) is 1. The van der Waals surface area contributed by atoms with E-state index in [1.165, 1.54) is 32.7 Å². The Balaban J connectivity index is 2.53. The number of rotatable bonds is 3. The average molecular weight is 250 g/mol. The van der Waals surface area contributed by atoms with Gasteiger partial charge in [-0.25, -0.2) is 0 Å². The van der Waals surface area contributed by atoms with Crippen molar-refractivity contribution in [2.75, 3.05) is 7.11 Å². The molecule has 0 unspecified atom stereocenters. The van der Waals surface area contributed by atoms with Gasteiger partial charge in [0, 0.05) is 7.11 Å². The molecule has 0 fully saturated rings. The van der Waals surface area contributed by atoms with Gasteiger partial charge in [-0.2, -0.15) is 0 Å². The van der Waals surface area contributed by atoms with E-state index in [1.54, 1.807) is 7.11 Å². The van der Waals surface area contributed by atoms with Gasteiger partial charge in [-0.3, -0.25) is 0 Å². The Morgan fingerprint density at radius 3 is 1.53 bits per heavy atom. The maximum atomic E-state index is 5.42. The zero-order valence-corrected chi connectivity index (χ0v) is 11.4. The molecule has 0 aliphatic carbocycles. The van der Waals surface area contributed by atoms with Gasteiger partial charge in [0.15, 0.2) is 0 Å². The highest BCUT2D eigenvalue weighted by Gasteiger charge is 2.11. The minimum atomic E-state index is 0.658. The molecule has 0 atom stereocenters. The van der Waals surface area contributed by atoms with Crippen LogP contribution in [0.5, 0.6) is 0 Å². The number of methoxy groups -OCH3 is 1. The fourth-order valence-corrected chi connectivity index (χ4v) is 2.99. The van der Waals surface area contributed by atoms with Gasteiger partial charge in [-0.05, 0) is 39.1 Å². The van der Waals surface area contributed by atoms with Crippen LogP contribution in [0.15, 0.2) is 48.5 Å². The maximum Gasteiger partial charge on any atom is 0.0725 e. The van der Waals surface area contributed by atoms with E-state index >= 15 is 0 Å². The lowest BCUT2D eigenvalue weighted by atomic mass is 9.91. The average Bonchev–Trinajstić information content (AvgIpc) is 2.47. The second kappa shape index (κ2) is 5.02. The van der Waals surface area contributed by atoms with Crippen LogP contribution >= 0.6 is 0 Å². The van der Waals surface area contributed by atoms with Gasteiger partial charge in [-0.15, -0.1) is 0 Å². The summed E-state index contributed by atoms with van der Waals surface area (Å²) in [5, 5.41) is 5.35. The van der Waals surface area contributed by atoms with E-state index in [-0.39, 0.29) is 0 Å². The minimum Gasteiger partial charge on any atom is -0.380 e. The minimum absolute atomic E-state index is 0.658. The predicted molar refractivity (Wildman–Crippen MR) is 81.5 cm³/mol. The largest absolute Gasteiger partial charge is 0.380 e. The summed E-state index contributed by atoms with van der Waals surface area (Å²) in [6.45, 7) is 2.88. The van der Waals surface area contributed by atoms with Crippen LogP contribution in [-0.2, 0) is 17.8 Å². The van der Waals surface area contributed by atoms with Gasteiger partial charge >= 0.3 is 0 Å². The number of benzene rings is 3. The Morgan fingerprint density at radius 1 is 0.737 bits per heavy atom. The molecule has 0 amide bonds. The molecule has 0 heterocycles. The van der Waals surface area contributed by atoms with Crippen molar-refractivity contribution >= 4 is 21.5 Å². The summed E-state index contributed by atoms with van der Waals surface area (Å²) in [5.41, 5.74) is 2.73. The fourth-order valence-electron chi connectivity index (χ4n) is 2.99. The molecular weight excluding hydrogens is 232 g/mol. The fraction of sp³-hybridized carbons (Fsp3) is 0.222. The number of aryl methyl sites for hydroxylation is 1. The third-order valence-electron chi connectivity index (χ3n) is 3.80. The molecule has 0 N–H and O–H groups in total. The Hall–Kier alpha value is -1.86. The molecule has 1 heteroatoms. The first-order valence-electron chi connectivity index (χ1n) is 6.77. The molecule has 0 bridgehead atoms. The summed E-state index contributed by atoms with van der Waals surface area (Å²) in [4.78, 5) is 0. The van der Waals surface area contributed by atoms with Crippen LogP contribution in [-0.4, -0.2) is 7.11 Å². The number of fused-ring (bicyclic) bond motifs is 2. The molecule has 0 aliphatic heterocycles. The Labute approximate surface area is 113 Å². The summed E-state index contributed by atoms with van der Waals surface area (Å²) in [6.07, 6.45) is 1.05. The molecule has 0 radical (unpaired) electrons. The van der Waals surface area contributed by atoms with Crippen LogP contribution in [0.2, 0.25) is 0 Å². The molecule has 0 saturated carbocycles. The molecule has 96 valence electrons. The first-order chi connectivity index (χ1) is 9.36. The van der Waals surface area contributed by atoms with E-state index in [2.05, 4.69) is 55.5 Å². The lowest BCUT2D eigenvalue weighted by molar-refractivity contribution is 0.187. The molecule has 3 aromatic carbocycles. The van der Waals surface area contributed by atoms with Crippen molar-refractivity contribution in [3.63, 3.8) is 0 Å². The predicted octanol–water partition coefficient (Wildman–Crippen LogP) is 4.70. The van der Waals surface area contributed by atoms with E-state index in [0.717, 1.165) is 6.42 Å². The van der Waals surface area contributed by atoms with Crippen molar-refractivity contribution < 1.29 is 4.74 Å². The van der Waals surface area contributed by atoms with E-state index in [0.29, 0.717) is 6.61 Å². The van der Waals surface area contributed by atoms with Crippen LogP contribution < -0.4 is 0 Å². The third-order valence-corrected chi connectivity index (χ3v) is 3.80. The molecule has 3 rings (SSSR count). The van der Waals surface area contributed by atoms with Crippen molar-refractivity contribution in [1.82, 2.24) is 0 Å². The molecule has 1 nitrogen and oxygen atoms in total. The van der Waals surface area contributed by atoms with Crippen LogP contribution in [0.1, 0.15) is 18.1 Å². The Morgan fingerprint density at radius 2 is 1.16 bits per heavy atom. The standard InChI is InChI=1S/C18H18O/c1-3-13-14-8-4-6-10-16(14)18(12-19-2)17-11-7-5-9-15(13)17/h4-11H,3,12H2,1-2H3. The summed E-state index contributed by atoms with van der Waals surface area (Å²) in [5.74, 6) is 0. The van der Waals surface area contributed by atoms with E-state index in [4.69, 9.17) is 4.74 Å². The van der Waals surface area contributed by atoms with E-state index in [1.807, 2.05) is 0 Å². The quantitative estimate of drug-likeness (QED) is 0.612. The van der Waals surface area contributed by atoms with Crippen molar-refractivity contribution in [3.8, 4) is 0 Å². The van der Waals surface area contributed by atoms with E-state index < -0.39 is 0 Å². The lowest BCUT2D eigenvalue weighted by Crippen LogP contribution is -1.96. The monoisotopic (exact) mass is 250 g/mol. The SMILES string of the molecule is CCc1c2ccccc2c(COC)c2ccccc12. The normalized spacial score (nSPS) is 11.3. The highest BCUT2D eigenvalue weighted by molar-refractivity contribution is 6.05. The van der Waals surface area contributed by atoms with Gasteiger partial charge in [0.25, 0.3) is 0 Å². The molecule has 0 aromatic heterocycles. The van der Waals surface area contributed by atoms with Crippen molar-refractivity contribution in [1.29, 1.82) is 0 Å². The van der Waals surface area contributed by atoms with Gasteiger partial charge in [-0.1, -0.05) is 55.5 Å². The maximum absolute atomic E-state index is 5.42. The molecular formula is C18H18O. The van der Waals surface area contributed by atoms with Crippen LogP contribution in [0, 0.1) is 0 Å². The van der Waals surface area contributed by atoms with E-state index in [9.17, 15) is 0 Å². The second-order valence-electron chi connectivity index (χ2n) is 4.83. The van der Waals surface area contributed by atoms with Crippen molar-refractivity contribution in [2.45, 2.75) is 20.0 Å². The van der Waals surface area contributed by atoms with Crippen LogP contribution in [0.4, 0.5) is 0 Å². The Bertz CT molecular complexity index is 671. The first kappa shape index (κ1) is 12.2. The topological polar surface area (TPSA) is 9.23 Å². The molecule has 19 heavy (non-hydrogen) atoms. The molecule has 0 spiro atoms. The molecule has 0 aliphatic rings. The number of hydrogen-bond donors (Lipinski definition) is 0. The summed E-state index contributed by atoms with van der Waals surface area (Å²) >= 11 is 0. The smallest absolute Gasteiger partial charge is 0.0725 e. The number of hydrogen-bond acceptors (Lipinski definition) is 1.